The minimum absolute atomic E-state index is 0.156. The van der Waals surface area contributed by atoms with E-state index in [9.17, 15) is 19.2 Å². The Morgan fingerprint density at radius 3 is 1.73 bits per heavy atom. The molecular weight excluding hydrogens is 430 g/mol. The van der Waals surface area contributed by atoms with Gasteiger partial charge in [-0.3, -0.25) is 4.79 Å². The van der Waals surface area contributed by atoms with E-state index in [4.69, 9.17) is 14.2 Å². The van der Waals surface area contributed by atoms with Crippen molar-refractivity contribution in [2.24, 2.45) is 0 Å². The lowest BCUT2D eigenvalue weighted by Crippen LogP contribution is -2.42. The molecule has 0 aromatic carbocycles. The first kappa shape index (κ1) is 30.2. The molecule has 0 aliphatic heterocycles. The quantitative estimate of drug-likeness (QED) is 0.289. The highest BCUT2D eigenvalue weighted by atomic mass is 16.6. The van der Waals surface area contributed by atoms with E-state index in [0.29, 0.717) is 6.42 Å². The highest BCUT2D eigenvalue weighted by molar-refractivity contribution is 5.87. The molecular formula is C23H41N3O7. The van der Waals surface area contributed by atoms with Crippen molar-refractivity contribution in [1.82, 2.24) is 14.7 Å². The predicted octanol–water partition coefficient (Wildman–Crippen LogP) is 3.06. The standard InChI is InChI=1S/C23H41N3O7/c1-22(2,3)32-19(28)17(13-11-12-14-18(27)24(7)8)31-20(29)25(9)15-16-26(10)21(30)33-23(4,5)6/h12,14,17H,11,13,15-16H2,1-10H3/b14-12+/t17-/m0/s1. The van der Waals surface area contributed by atoms with Gasteiger partial charge in [0.15, 0.2) is 0 Å². The molecule has 0 unspecified atom stereocenters. The van der Waals surface area contributed by atoms with Gasteiger partial charge in [-0.15, -0.1) is 0 Å². The van der Waals surface area contributed by atoms with Gasteiger partial charge in [-0.2, -0.15) is 0 Å². The zero-order valence-corrected chi connectivity index (χ0v) is 21.8. The second-order valence-electron chi connectivity index (χ2n) is 9.94. The van der Waals surface area contributed by atoms with Gasteiger partial charge in [0.05, 0.1) is 0 Å². The summed E-state index contributed by atoms with van der Waals surface area (Å²) in [6, 6.07) is 0. The number of hydrogen-bond donors (Lipinski definition) is 0. The van der Waals surface area contributed by atoms with Crippen LogP contribution in [0.3, 0.4) is 0 Å². The summed E-state index contributed by atoms with van der Waals surface area (Å²) in [7, 11) is 6.34. The third-order valence-corrected chi connectivity index (χ3v) is 4.00. The lowest BCUT2D eigenvalue weighted by Gasteiger charge is -2.27. The summed E-state index contributed by atoms with van der Waals surface area (Å²) in [5, 5.41) is 0. The number of rotatable bonds is 9. The van der Waals surface area contributed by atoms with Crippen molar-refractivity contribution in [3.63, 3.8) is 0 Å². The molecule has 0 saturated heterocycles. The van der Waals surface area contributed by atoms with E-state index in [2.05, 4.69) is 0 Å². The summed E-state index contributed by atoms with van der Waals surface area (Å²) >= 11 is 0. The maximum atomic E-state index is 12.6. The minimum Gasteiger partial charge on any atom is -0.457 e. The van der Waals surface area contributed by atoms with Gasteiger partial charge >= 0.3 is 18.2 Å². The second kappa shape index (κ2) is 13.1. The van der Waals surface area contributed by atoms with Gasteiger partial charge in [0.2, 0.25) is 12.0 Å². The zero-order valence-electron chi connectivity index (χ0n) is 21.8. The van der Waals surface area contributed by atoms with Crippen LogP contribution < -0.4 is 0 Å². The minimum atomic E-state index is -1.14. The highest BCUT2D eigenvalue weighted by Crippen LogP contribution is 2.15. The Balaban J connectivity index is 4.99. The maximum absolute atomic E-state index is 12.6. The molecule has 0 fully saturated rings. The molecule has 0 heterocycles. The van der Waals surface area contributed by atoms with Gasteiger partial charge in [0.25, 0.3) is 0 Å². The summed E-state index contributed by atoms with van der Waals surface area (Å²) in [5.41, 5.74) is -1.37. The first-order valence-corrected chi connectivity index (χ1v) is 10.9. The molecule has 0 aliphatic carbocycles. The highest BCUT2D eigenvalue weighted by Gasteiger charge is 2.29. The Kier molecular flexibility index (Phi) is 12.0. The molecule has 0 bridgehead atoms. The Labute approximate surface area is 197 Å². The van der Waals surface area contributed by atoms with Crippen molar-refractivity contribution >= 4 is 24.1 Å². The maximum Gasteiger partial charge on any atom is 0.410 e. The van der Waals surface area contributed by atoms with Gasteiger partial charge in [0.1, 0.15) is 11.2 Å². The summed E-state index contributed by atoms with van der Waals surface area (Å²) in [5.74, 6) is -0.850. The number of ether oxygens (including phenoxy) is 3. The van der Waals surface area contributed by atoms with Crippen LogP contribution in [-0.2, 0) is 23.8 Å². The fraction of sp³-hybridized carbons (Fsp3) is 0.739. The molecule has 33 heavy (non-hydrogen) atoms. The molecule has 10 nitrogen and oxygen atoms in total. The number of nitrogens with zero attached hydrogens (tertiary/aromatic N) is 3. The third-order valence-electron chi connectivity index (χ3n) is 4.00. The second-order valence-corrected chi connectivity index (χ2v) is 9.94. The van der Waals surface area contributed by atoms with Crippen molar-refractivity contribution in [1.29, 1.82) is 0 Å². The molecule has 0 spiro atoms. The summed E-state index contributed by atoms with van der Waals surface area (Å²) in [6.45, 7) is 10.9. The zero-order chi connectivity index (χ0) is 26.0. The van der Waals surface area contributed by atoms with Crippen LogP contribution in [0.1, 0.15) is 54.4 Å². The number of amides is 3. The third kappa shape index (κ3) is 14.1. The van der Waals surface area contributed by atoms with Crippen molar-refractivity contribution in [2.75, 3.05) is 41.3 Å². The van der Waals surface area contributed by atoms with Crippen LogP contribution in [0.2, 0.25) is 0 Å². The lowest BCUT2D eigenvalue weighted by atomic mass is 10.1. The Bertz CT molecular complexity index is 706. The van der Waals surface area contributed by atoms with Crippen molar-refractivity contribution < 1.29 is 33.4 Å². The first-order valence-electron chi connectivity index (χ1n) is 10.9. The molecule has 10 heteroatoms. The largest absolute Gasteiger partial charge is 0.457 e. The van der Waals surface area contributed by atoms with E-state index in [1.807, 2.05) is 0 Å². The van der Waals surface area contributed by atoms with Crippen LogP contribution in [0.5, 0.6) is 0 Å². The molecule has 1 atom stereocenters. The van der Waals surface area contributed by atoms with Crippen LogP contribution >= 0.6 is 0 Å². The topological polar surface area (TPSA) is 106 Å². The van der Waals surface area contributed by atoms with Gasteiger partial charge in [0, 0.05) is 41.3 Å². The number of carbonyl (C=O) groups excluding carboxylic acids is 4. The summed E-state index contributed by atoms with van der Waals surface area (Å²) in [6.07, 6.45) is 1.14. The van der Waals surface area contributed by atoms with Crippen molar-refractivity contribution in [2.45, 2.75) is 71.7 Å². The van der Waals surface area contributed by atoms with Crippen LogP contribution in [0.25, 0.3) is 0 Å². The van der Waals surface area contributed by atoms with E-state index in [1.54, 1.807) is 68.8 Å². The van der Waals surface area contributed by atoms with Crippen LogP contribution in [0, 0.1) is 0 Å². The molecule has 0 radical (unpaired) electrons. The number of esters is 1. The molecule has 0 N–H and O–H groups in total. The number of likely N-dealkylation sites (N-methyl/N-ethyl adjacent to an activating group) is 3. The van der Waals surface area contributed by atoms with E-state index < -0.39 is 35.5 Å². The fourth-order valence-electron chi connectivity index (χ4n) is 2.21. The van der Waals surface area contributed by atoms with Crippen LogP contribution in [-0.4, -0.2) is 97.3 Å². The first-order chi connectivity index (χ1) is 14.9. The van der Waals surface area contributed by atoms with E-state index >= 15 is 0 Å². The lowest BCUT2D eigenvalue weighted by molar-refractivity contribution is -0.165. The fourth-order valence-corrected chi connectivity index (χ4v) is 2.21. The number of carbonyl (C=O) groups is 4. The normalized spacial score (nSPS) is 12.7. The smallest absolute Gasteiger partial charge is 0.410 e. The van der Waals surface area contributed by atoms with Crippen molar-refractivity contribution in [3.8, 4) is 0 Å². The van der Waals surface area contributed by atoms with Gasteiger partial charge in [-0.05, 0) is 60.5 Å². The van der Waals surface area contributed by atoms with Crippen LogP contribution in [0.4, 0.5) is 9.59 Å². The van der Waals surface area contributed by atoms with Gasteiger partial charge in [-0.1, -0.05) is 6.08 Å². The predicted molar refractivity (Wildman–Crippen MR) is 125 cm³/mol. The summed E-state index contributed by atoms with van der Waals surface area (Å²) in [4.78, 5) is 52.8. The number of hydrogen-bond acceptors (Lipinski definition) is 7. The summed E-state index contributed by atoms with van der Waals surface area (Å²) < 4.78 is 16.0. The molecule has 0 saturated carbocycles. The Hall–Kier alpha value is -2.78. The van der Waals surface area contributed by atoms with Gasteiger partial charge in [-0.25, -0.2) is 14.4 Å². The molecule has 0 rings (SSSR count). The Morgan fingerprint density at radius 2 is 1.27 bits per heavy atom. The molecule has 0 aromatic heterocycles. The van der Waals surface area contributed by atoms with Crippen LogP contribution in [0.15, 0.2) is 12.2 Å². The van der Waals surface area contributed by atoms with E-state index in [-0.39, 0.29) is 25.4 Å². The molecule has 3 amide bonds. The average molecular weight is 472 g/mol. The monoisotopic (exact) mass is 471 g/mol. The molecule has 0 aliphatic rings. The van der Waals surface area contributed by atoms with Crippen molar-refractivity contribution in [3.05, 3.63) is 12.2 Å². The molecule has 190 valence electrons. The SMILES string of the molecule is CN(C)C(=O)/C=C/CC[C@H](OC(=O)N(C)CCN(C)C(=O)OC(C)(C)C)C(=O)OC(C)(C)C. The molecule has 0 aromatic rings. The average Bonchev–Trinajstić information content (AvgIpc) is 2.64. The van der Waals surface area contributed by atoms with E-state index in [0.717, 1.165) is 0 Å². The van der Waals surface area contributed by atoms with Gasteiger partial charge < -0.3 is 28.9 Å². The Morgan fingerprint density at radius 1 is 0.788 bits per heavy atom. The number of allylic oxidation sites excluding steroid dienone is 1. The van der Waals surface area contributed by atoms with E-state index in [1.165, 1.54) is 27.8 Å².